The van der Waals surface area contributed by atoms with E-state index in [1.54, 1.807) is 0 Å². The quantitative estimate of drug-likeness (QED) is 0.398. The summed E-state index contributed by atoms with van der Waals surface area (Å²) in [6.45, 7) is 7.57. The van der Waals surface area contributed by atoms with Crippen molar-refractivity contribution in [3.8, 4) is 0 Å². The SMILES string of the molecule is CN=C(NCC(c1cnn(C)c1)N(C)C)N1CCSC(C(C)C)C1.I. The van der Waals surface area contributed by atoms with Crippen LogP contribution in [0.3, 0.4) is 0 Å². The van der Waals surface area contributed by atoms with Gasteiger partial charge in [-0.2, -0.15) is 16.9 Å². The highest BCUT2D eigenvalue weighted by Crippen LogP contribution is 2.25. The Morgan fingerprint density at radius 1 is 1.48 bits per heavy atom. The smallest absolute Gasteiger partial charge is 0.193 e. The number of thioether (sulfide) groups is 1. The first-order chi connectivity index (χ1) is 11.4. The third-order valence-electron chi connectivity index (χ3n) is 4.53. The molecule has 0 bridgehead atoms. The van der Waals surface area contributed by atoms with Crippen molar-refractivity contribution in [3.63, 3.8) is 0 Å². The number of rotatable bonds is 5. The Kier molecular flexibility index (Phi) is 9.58. The molecule has 0 spiro atoms. The van der Waals surface area contributed by atoms with E-state index in [1.165, 1.54) is 11.3 Å². The van der Waals surface area contributed by atoms with Crippen LogP contribution >= 0.6 is 35.7 Å². The largest absolute Gasteiger partial charge is 0.354 e. The lowest BCUT2D eigenvalue weighted by atomic mass is 10.1. The average Bonchev–Trinajstić information content (AvgIpc) is 2.97. The second kappa shape index (κ2) is 10.6. The first-order valence-electron chi connectivity index (χ1n) is 8.64. The first-order valence-corrected chi connectivity index (χ1v) is 9.69. The average molecular weight is 480 g/mol. The minimum absolute atomic E-state index is 0. The van der Waals surface area contributed by atoms with Gasteiger partial charge in [0, 0.05) is 56.5 Å². The second-order valence-electron chi connectivity index (χ2n) is 6.95. The molecule has 6 nitrogen and oxygen atoms in total. The Labute approximate surface area is 173 Å². The molecule has 2 atom stereocenters. The minimum Gasteiger partial charge on any atom is -0.354 e. The molecular formula is C17H33IN6S. The number of halogens is 1. The van der Waals surface area contributed by atoms with Gasteiger partial charge in [0.1, 0.15) is 0 Å². The van der Waals surface area contributed by atoms with Crippen molar-refractivity contribution >= 4 is 41.7 Å². The van der Waals surface area contributed by atoms with Crippen LogP contribution in [-0.2, 0) is 7.05 Å². The maximum absolute atomic E-state index is 4.52. The summed E-state index contributed by atoms with van der Waals surface area (Å²) in [6, 6.07) is 0.274. The van der Waals surface area contributed by atoms with Crippen molar-refractivity contribution in [1.82, 2.24) is 24.9 Å². The summed E-state index contributed by atoms with van der Waals surface area (Å²) in [7, 11) is 8.05. The van der Waals surface area contributed by atoms with Gasteiger partial charge in [0.2, 0.25) is 0 Å². The van der Waals surface area contributed by atoms with Crippen LogP contribution in [0.5, 0.6) is 0 Å². The molecule has 1 saturated heterocycles. The van der Waals surface area contributed by atoms with Gasteiger partial charge in [-0.15, -0.1) is 24.0 Å². The van der Waals surface area contributed by atoms with Gasteiger partial charge in [-0.3, -0.25) is 9.67 Å². The predicted octanol–water partition coefficient (Wildman–Crippen LogP) is 2.29. The monoisotopic (exact) mass is 480 g/mol. The molecule has 0 saturated carbocycles. The number of guanidine groups is 1. The lowest BCUT2D eigenvalue weighted by Crippen LogP contribution is -2.50. The highest BCUT2D eigenvalue weighted by Gasteiger charge is 2.25. The highest BCUT2D eigenvalue weighted by atomic mass is 127. The Hall–Kier alpha value is -0.480. The summed E-state index contributed by atoms with van der Waals surface area (Å²) in [5.74, 6) is 2.88. The van der Waals surface area contributed by atoms with Crippen LogP contribution in [0.2, 0.25) is 0 Å². The summed E-state index contributed by atoms with van der Waals surface area (Å²) in [4.78, 5) is 9.14. The van der Waals surface area contributed by atoms with Gasteiger partial charge < -0.3 is 15.1 Å². The summed E-state index contributed by atoms with van der Waals surface area (Å²) in [5.41, 5.74) is 1.22. The lowest BCUT2D eigenvalue weighted by Gasteiger charge is -2.37. The van der Waals surface area contributed by atoms with Gasteiger partial charge in [-0.05, 0) is 20.0 Å². The number of nitrogens with zero attached hydrogens (tertiary/aromatic N) is 5. The Morgan fingerprint density at radius 3 is 2.72 bits per heavy atom. The maximum atomic E-state index is 4.52. The van der Waals surface area contributed by atoms with Gasteiger partial charge in [-0.25, -0.2) is 0 Å². The molecule has 144 valence electrons. The Bertz CT molecular complexity index is 545. The summed E-state index contributed by atoms with van der Waals surface area (Å²) < 4.78 is 1.86. The van der Waals surface area contributed by atoms with Gasteiger partial charge in [-0.1, -0.05) is 13.8 Å². The molecule has 0 amide bonds. The molecule has 1 aliphatic heterocycles. The summed E-state index contributed by atoms with van der Waals surface area (Å²) in [6.07, 6.45) is 4.03. The van der Waals surface area contributed by atoms with Gasteiger partial charge >= 0.3 is 0 Å². The topological polar surface area (TPSA) is 48.7 Å². The zero-order valence-electron chi connectivity index (χ0n) is 16.3. The van der Waals surface area contributed by atoms with Gasteiger partial charge in [0.25, 0.3) is 0 Å². The van der Waals surface area contributed by atoms with E-state index in [-0.39, 0.29) is 30.0 Å². The van der Waals surface area contributed by atoms with E-state index in [0.29, 0.717) is 11.2 Å². The molecule has 1 aliphatic rings. The van der Waals surface area contributed by atoms with E-state index >= 15 is 0 Å². The molecule has 1 aromatic heterocycles. The van der Waals surface area contributed by atoms with E-state index in [9.17, 15) is 0 Å². The number of nitrogens with one attached hydrogen (secondary N) is 1. The number of likely N-dealkylation sites (N-methyl/N-ethyl adjacent to an activating group) is 1. The summed E-state index contributed by atoms with van der Waals surface area (Å²) >= 11 is 2.09. The first kappa shape index (κ1) is 22.6. The third kappa shape index (κ3) is 6.32. The van der Waals surface area contributed by atoms with Crippen LogP contribution in [0.1, 0.15) is 25.5 Å². The number of hydrogen-bond acceptors (Lipinski definition) is 4. The van der Waals surface area contributed by atoms with E-state index < -0.39 is 0 Å². The fraction of sp³-hybridized carbons (Fsp3) is 0.765. The molecule has 2 rings (SSSR count). The normalized spacial score (nSPS) is 19.9. The van der Waals surface area contributed by atoms with E-state index in [0.717, 1.165) is 25.6 Å². The molecule has 8 heteroatoms. The van der Waals surface area contributed by atoms with Gasteiger partial charge in [0.05, 0.1) is 12.2 Å². The highest BCUT2D eigenvalue weighted by molar-refractivity contribution is 14.0. The van der Waals surface area contributed by atoms with Crippen molar-refractivity contribution in [2.24, 2.45) is 18.0 Å². The van der Waals surface area contributed by atoms with Crippen molar-refractivity contribution in [2.75, 3.05) is 46.5 Å². The van der Waals surface area contributed by atoms with Crippen molar-refractivity contribution in [2.45, 2.75) is 25.1 Å². The molecular weight excluding hydrogens is 447 g/mol. The number of hydrogen-bond donors (Lipinski definition) is 1. The van der Waals surface area contributed by atoms with Crippen LogP contribution in [-0.4, -0.2) is 77.3 Å². The van der Waals surface area contributed by atoms with Crippen LogP contribution in [0.25, 0.3) is 0 Å². The van der Waals surface area contributed by atoms with Crippen LogP contribution in [0.15, 0.2) is 17.4 Å². The molecule has 1 aromatic rings. The molecule has 2 heterocycles. The predicted molar refractivity (Wildman–Crippen MR) is 119 cm³/mol. The van der Waals surface area contributed by atoms with Crippen LogP contribution in [0, 0.1) is 5.92 Å². The van der Waals surface area contributed by atoms with Crippen LogP contribution in [0.4, 0.5) is 0 Å². The Morgan fingerprint density at radius 2 is 2.20 bits per heavy atom. The van der Waals surface area contributed by atoms with E-state index in [4.69, 9.17) is 0 Å². The van der Waals surface area contributed by atoms with E-state index in [1.807, 2.05) is 25.0 Å². The maximum Gasteiger partial charge on any atom is 0.193 e. The van der Waals surface area contributed by atoms with E-state index in [2.05, 4.69) is 71.1 Å². The molecule has 2 unspecified atom stereocenters. The van der Waals surface area contributed by atoms with Gasteiger partial charge in [0.15, 0.2) is 5.96 Å². The number of aliphatic imine (C=N–C) groups is 1. The van der Waals surface area contributed by atoms with Crippen molar-refractivity contribution < 1.29 is 0 Å². The molecule has 25 heavy (non-hydrogen) atoms. The van der Waals surface area contributed by atoms with Crippen molar-refractivity contribution in [1.29, 1.82) is 0 Å². The molecule has 1 N–H and O–H groups in total. The summed E-state index contributed by atoms with van der Waals surface area (Å²) in [5, 5.41) is 8.56. The van der Waals surface area contributed by atoms with Crippen molar-refractivity contribution in [3.05, 3.63) is 18.0 Å². The molecule has 1 fully saturated rings. The molecule has 0 aliphatic carbocycles. The lowest BCUT2D eigenvalue weighted by molar-refractivity contribution is 0.293. The Balaban J connectivity index is 0.00000312. The zero-order valence-corrected chi connectivity index (χ0v) is 19.4. The second-order valence-corrected chi connectivity index (χ2v) is 8.30. The minimum atomic E-state index is 0. The molecule has 0 radical (unpaired) electrons. The fourth-order valence-electron chi connectivity index (χ4n) is 3.00. The number of aromatic nitrogens is 2. The standard InChI is InChI=1S/C17H32N6S.HI/c1-13(2)16-12-23(7-8-24-16)17(18-3)19-10-15(21(4)5)14-9-20-22(6)11-14;/h9,11,13,15-16H,7-8,10,12H2,1-6H3,(H,18,19);1H. The third-order valence-corrected chi connectivity index (χ3v) is 6.07. The fourth-order valence-corrected chi connectivity index (χ4v) is 4.30. The molecule has 0 aromatic carbocycles. The van der Waals surface area contributed by atoms with Crippen LogP contribution < -0.4 is 5.32 Å². The zero-order chi connectivity index (χ0) is 17.7. The number of aryl methyl sites for hydroxylation is 1.